The minimum Gasteiger partial charge on any atom is -0.478 e. The lowest BCUT2D eigenvalue weighted by atomic mass is 9.81. The van der Waals surface area contributed by atoms with Gasteiger partial charge in [0.25, 0.3) is 11.8 Å². The van der Waals surface area contributed by atoms with Crippen LogP contribution < -0.4 is 10.1 Å². The van der Waals surface area contributed by atoms with Crippen LogP contribution >= 0.6 is 0 Å². The van der Waals surface area contributed by atoms with Gasteiger partial charge in [-0.2, -0.15) is 0 Å². The second kappa shape index (κ2) is 12.3. The van der Waals surface area contributed by atoms with Gasteiger partial charge in [0.2, 0.25) is 0 Å². The molecule has 40 heavy (non-hydrogen) atoms. The number of carboxylic acid groups (broad SMARTS) is 1. The molecule has 2 heterocycles. The number of hydrogen-bond acceptors (Lipinski definition) is 5. The molecule has 8 heteroatoms. The van der Waals surface area contributed by atoms with Crippen LogP contribution in [0.3, 0.4) is 0 Å². The van der Waals surface area contributed by atoms with E-state index in [-0.39, 0.29) is 17.4 Å². The molecule has 0 atom stereocenters. The standard InChI is InChI=1S/C32H39N3O5/c1-2-18-35-29(36)28(21-23-6-4-3-5-7-23)33-31(39)32(35)16-19-34(20-17-32)22-24-8-12-26(13-9-24)40-27-14-10-25(11-15-27)30(37)38/h8-15,21,23H,2-7,16-20,22H2,1H3,(H,33,39)(H,37,38)/b28-21+. The lowest BCUT2D eigenvalue weighted by Gasteiger charge is -2.50. The molecular formula is C32H39N3O5. The average molecular weight is 546 g/mol. The highest BCUT2D eigenvalue weighted by Gasteiger charge is 2.52. The van der Waals surface area contributed by atoms with Gasteiger partial charge in [-0.25, -0.2) is 4.79 Å². The normalized spacial score (nSPS) is 21.0. The van der Waals surface area contributed by atoms with E-state index in [1.54, 1.807) is 12.1 Å². The van der Waals surface area contributed by atoms with Crippen molar-refractivity contribution in [2.75, 3.05) is 19.6 Å². The van der Waals surface area contributed by atoms with Crippen molar-refractivity contribution in [1.82, 2.24) is 15.1 Å². The lowest BCUT2D eigenvalue weighted by molar-refractivity contribution is -0.154. The Morgan fingerprint density at radius 3 is 2.23 bits per heavy atom. The van der Waals surface area contributed by atoms with Crippen molar-refractivity contribution in [3.63, 3.8) is 0 Å². The summed E-state index contributed by atoms with van der Waals surface area (Å²) in [6, 6.07) is 14.2. The molecule has 212 valence electrons. The summed E-state index contributed by atoms with van der Waals surface area (Å²) in [5.41, 5.74) is 1.06. The zero-order valence-electron chi connectivity index (χ0n) is 23.2. The van der Waals surface area contributed by atoms with Gasteiger partial charge < -0.3 is 20.1 Å². The van der Waals surface area contributed by atoms with Gasteiger partial charge in [-0.05, 0) is 80.0 Å². The average Bonchev–Trinajstić information content (AvgIpc) is 2.97. The molecule has 1 aliphatic carbocycles. The van der Waals surface area contributed by atoms with Gasteiger partial charge in [-0.3, -0.25) is 14.5 Å². The summed E-state index contributed by atoms with van der Waals surface area (Å²) >= 11 is 0. The van der Waals surface area contributed by atoms with Crippen molar-refractivity contribution in [3.8, 4) is 11.5 Å². The van der Waals surface area contributed by atoms with Gasteiger partial charge in [0.15, 0.2) is 0 Å². The van der Waals surface area contributed by atoms with Crippen molar-refractivity contribution >= 4 is 17.8 Å². The monoisotopic (exact) mass is 545 g/mol. The van der Waals surface area contributed by atoms with Crippen molar-refractivity contribution in [1.29, 1.82) is 0 Å². The summed E-state index contributed by atoms with van der Waals surface area (Å²) in [5, 5.41) is 12.1. The third-order valence-corrected chi connectivity index (χ3v) is 8.51. The Morgan fingerprint density at radius 1 is 1.00 bits per heavy atom. The van der Waals surface area contributed by atoms with E-state index in [1.807, 2.05) is 35.2 Å². The van der Waals surface area contributed by atoms with E-state index in [0.717, 1.165) is 44.5 Å². The fourth-order valence-corrected chi connectivity index (χ4v) is 6.24. The molecule has 2 aromatic carbocycles. The molecule has 5 rings (SSSR count). The minimum absolute atomic E-state index is 0.0198. The van der Waals surface area contributed by atoms with Gasteiger partial charge in [0.05, 0.1) is 5.56 Å². The quantitative estimate of drug-likeness (QED) is 0.434. The Bertz CT molecular complexity index is 1240. The summed E-state index contributed by atoms with van der Waals surface area (Å²) in [7, 11) is 0. The van der Waals surface area contributed by atoms with Gasteiger partial charge in [-0.15, -0.1) is 0 Å². The van der Waals surface area contributed by atoms with E-state index in [2.05, 4.69) is 17.1 Å². The third-order valence-electron chi connectivity index (χ3n) is 8.51. The fourth-order valence-electron chi connectivity index (χ4n) is 6.24. The van der Waals surface area contributed by atoms with Crippen molar-refractivity contribution < 1.29 is 24.2 Å². The maximum absolute atomic E-state index is 13.6. The number of allylic oxidation sites excluding steroid dienone is 1. The number of nitrogens with zero attached hydrogens (tertiary/aromatic N) is 2. The van der Waals surface area contributed by atoms with Crippen molar-refractivity contribution in [2.45, 2.75) is 70.4 Å². The van der Waals surface area contributed by atoms with E-state index < -0.39 is 11.5 Å². The van der Waals surface area contributed by atoms with Gasteiger partial charge >= 0.3 is 5.97 Å². The first-order chi connectivity index (χ1) is 19.4. The van der Waals surface area contributed by atoms with Gasteiger partial charge in [0, 0.05) is 26.2 Å². The van der Waals surface area contributed by atoms with Crippen LogP contribution in [0.1, 0.15) is 74.2 Å². The minimum atomic E-state index is -0.968. The van der Waals surface area contributed by atoms with E-state index in [4.69, 9.17) is 9.84 Å². The predicted octanol–water partition coefficient (Wildman–Crippen LogP) is 5.34. The van der Waals surface area contributed by atoms with Crippen LogP contribution in [0, 0.1) is 5.92 Å². The molecule has 3 aliphatic rings. The maximum atomic E-state index is 13.6. The number of hydrogen-bond donors (Lipinski definition) is 2. The van der Waals surface area contributed by atoms with E-state index >= 15 is 0 Å². The number of nitrogens with one attached hydrogen (secondary N) is 1. The summed E-state index contributed by atoms with van der Waals surface area (Å²) in [5.74, 6) is 0.613. The van der Waals surface area contributed by atoms with Gasteiger partial charge in [-0.1, -0.05) is 44.4 Å². The summed E-state index contributed by atoms with van der Waals surface area (Å²) in [4.78, 5) is 42.4. The number of amides is 2. The molecule has 2 amide bonds. The molecule has 3 fully saturated rings. The van der Waals surface area contributed by atoms with Crippen LogP contribution in [0.2, 0.25) is 0 Å². The first kappa shape index (κ1) is 27.9. The highest BCUT2D eigenvalue weighted by Crippen LogP contribution is 2.35. The molecule has 2 saturated heterocycles. The summed E-state index contributed by atoms with van der Waals surface area (Å²) in [6.07, 6.45) is 9.90. The highest BCUT2D eigenvalue weighted by atomic mass is 16.5. The Labute approximate surface area is 236 Å². The third kappa shape index (κ3) is 6.07. The molecule has 0 bridgehead atoms. The van der Waals surface area contributed by atoms with Crippen molar-refractivity contribution in [3.05, 3.63) is 71.4 Å². The zero-order chi connectivity index (χ0) is 28.1. The Balaban J connectivity index is 1.19. The molecule has 0 radical (unpaired) electrons. The van der Waals surface area contributed by atoms with E-state index in [0.29, 0.717) is 42.5 Å². The largest absolute Gasteiger partial charge is 0.478 e. The number of carboxylic acids is 1. The van der Waals surface area contributed by atoms with E-state index in [9.17, 15) is 14.4 Å². The van der Waals surface area contributed by atoms with Gasteiger partial charge in [0.1, 0.15) is 22.7 Å². The van der Waals surface area contributed by atoms with Crippen LogP contribution in [0.5, 0.6) is 11.5 Å². The van der Waals surface area contributed by atoms with Crippen LogP contribution in [0.15, 0.2) is 60.3 Å². The number of rotatable bonds is 8. The smallest absolute Gasteiger partial charge is 0.335 e. The molecule has 2 aromatic rings. The molecule has 0 unspecified atom stereocenters. The number of ether oxygens (including phenoxy) is 1. The number of piperidine rings is 1. The molecule has 2 N–H and O–H groups in total. The Hall–Kier alpha value is -3.65. The molecule has 2 aliphatic heterocycles. The van der Waals surface area contributed by atoms with Crippen molar-refractivity contribution in [2.24, 2.45) is 5.92 Å². The number of piperazine rings is 1. The number of aromatic carboxylic acids is 1. The molecule has 8 nitrogen and oxygen atoms in total. The number of likely N-dealkylation sites (tertiary alicyclic amines) is 1. The number of carbonyl (C=O) groups excluding carboxylic acids is 2. The lowest BCUT2D eigenvalue weighted by Crippen LogP contribution is -2.69. The van der Waals surface area contributed by atoms with Crippen LogP contribution in [-0.2, 0) is 16.1 Å². The summed E-state index contributed by atoms with van der Waals surface area (Å²) in [6.45, 7) is 4.87. The topological polar surface area (TPSA) is 99.2 Å². The highest BCUT2D eigenvalue weighted by molar-refractivity contribution is 6.06. The maximum Gasteiger partial charge on any atom is 0.335 e. The van der Waals surface area contributed by atoms with Crippen LogP contribution in [-0.4, -0.2) is 57.9 Å². The first-order valence-electron chi connectivity index (χ1n) is 14.6. The Kier molecular flexibility index (Phi) is 8.54. The van der Waals surface area contributed by atoms with E-state index in [1.165, 1.54) is 31.4 Å². The SMILES string of the molecule is CCCN1C(=O)/C(=C\C2CCCCC2)NC(=O)C12CCN(Cc1ccc(Oc3ccc(C(=O)O)cc3)cc1)CC2. The second-order valence-corrected chi connectivity index (χ2v) is 11.3. The summed E-state index contributed by atoms with van der Waals surface area (Å²) < 4.78 is 5.85. The molecule has 0 aromatic heterocycles. The number of benzene rings is 2. The van der Waals surface area contributed by atoms with Crippen LogP contribution in [0.4, 0.5) is 0 Å². The zero-order valence-corrected chi connectivity index (χ0v) is 23.2. The Morgan fingerprint density at radius 2 is 1.62 bits per heavy atom. The van der Waals surface area contributed by atoms with Crippen LogP contribution in [0.25, 0.3) is 0 Å². The second-order valence-electron chi connectivity index (χ2n) is 11.3. The molecule has 1 saturated carbocycles. The first-order valence-corrected chi connectivity index (χ1v) is 14.6. The molecule has 1 spiro atoms. The fraction of sp³-hybridized carbons (Fsp3) is 0.469. The number of carbonyl (C=O) groups is 3. The predicted molar refractivity (Wildman–Crippen MR) is 152 cm³/mol. The molecular weight excluding hydrogens is 506 g/mol.